The minimum Gasteiger partial charge on any atom is -0.264 e. The van der Waals surface area contributed by atoms with Crippen LogP contribution in [-0.4, -0.2) is 9.97 Å². The molecule has 0 saturated heterocycles. The Labute approximate surface area is 139 Å². The molecule has 3 nitrogen and oxygen atoms in total. The van der Waals surface area contributed by atoms with Gasteiger partial charge in [0.15, 0.2) is 0 Å². The van der Waals surface area contributed by atoms with E-state index in [9.17, 15) is 5.26 Å². The normalized spacial score (nSPS) is 11.3. The number of hydrogen-bond acceptors (Lipinski definition) is 4. The monoisotopic (exact) mass is 317 g/mol. The van der Waals surface area contributed by atoms with Gasteiger partial charge in [0.2, 0.25) is 0 Å². The van der Waals surface area contributed by atoms with Gasteiger partial charge >= 0.3 is 0 Å². The number of rotatable bonds is 3. The minimum absolute atomic E-state index is 0.555. The average molecular weight is 317 g/mol. The van der Waals surface area contributed by atoms with E-state index in [4.69, 9.17) is 0 Å². The van der Waals surface area contributed by atoms with Crippen LogP contribution in [0.3, 0.4) is 0 Å². The molecular formula is C19H15N3S. The lowest BCUT2D eigenvalue weighted by Crippen LogP contribution is -1.86. The van der Waals surface area contributed by atoms with Crippen molar-refractivity contribution in [3.63, 3.8) is 0 Å². The van der Waals surface area contributed by atoms with Crippen LogP contribution in [0.1, 0.15) is 21.7 Å². The third kappa shape index (κ3) is 3.36. The molecule has 2 heterocycles. The summed E-state index contributed by atoms with van der Waals surface area (Å²) in [5, 5.41) is 12.2. The highest BCUT2D eigenvalue weighted by Crippen LogP contribution is 2.29. The van der Waals surface area contributed by atoms with Crippen molar-refractivity contribution in [1.29, 1.82) is 5.26 Å². The van der Waals surface area contributed by atoms with Crippen molar-refractivity contribution in [2.45, 2.75) is 13.8 Å². The lowest BCUT2D eigenvalue weighted by atomic mass is 10.0. The largest absolute Gasteiger partial charge is 0.264 e. The molecule has 0 aliphatic heterocycles. The van der Waals surface area contributed by atoms with Gasteiger partial charge in [0, 0.05) is 23.3 Å². The summed E-state index contributed by atoms with van der Waals surface area (Å²) in [6, 6.07) is 12.3. The predicted molar refractivity (Wildman–Crippen MR) is 94.7 cm³/mol. The Bertz CT molecular complexity index is 902. The highest BCUT2D eigenvalue weighted by Gasteiger charge is 2.10. The Balaban J connectivity index is 1.98. The number of benzene rings is 1. The lowest BCUT2D eigenvalue weighted by Gasteiger charge is -2.03. The molecule has 0 spiro atoms. The maximum atomic E-state index is 9.44. The topological polar surface area (TPSA) is 49.6 Å². The number of aromatic nitrogens is 2. The molecule has 4 heteroatoms. The summed E-state index contributed by atoms with van der Waals surface area (Å²) in [6.07, 6.45) is 5.26. The summed E-state index contributed by atoms with van der Waals surface area (Å²) in [5.41, 5.74) is 5.89. The zero-order valence-corrected chi connectivity index (χ0v) is 13.8. The van der Waals surface area contributed by atoms with Crippen LogP contribution in [0, 0.1) is 25.2 Å². The summed E-state index contributed by atoms with van der Waals surface area (Å²) in [6.45, 7) is 4.16. The molecule has 23 heavy (non-hydrogen) atoms. The van der Waals surface area contributed by atoms with Crippen molar-refractivity contribution < 1.29 is 0 Å². The molecule has 0 radical (unpaired) electrons. The molecule has 0 saturated carbocycles. The van der Waals surface area contributed by atoms with Crippen LogP contribution in [-0.2, 0) is 0 Å². The van der Waals surface area contributed by atoms with Crippen molar-refractivity contribution >= 4 is 23.0 Å². The van der Waals surface area contributed by atoms with Gasteiger partial charge in [-0.1, -0.05) is 29.8 Å². The molecule has 3 aromatic rings. The highest BCUT2D eigenvalue weighted by atomic mass is 32.1. The summed E-state index contributed by atoms with van der Waals surface area (Å²) >= 11 is 1.49. The van der Waals surface area contributed by atoms with E-state index < -0.39 is 0 Å². The first-order valence-electron chi connectivity index (χ1n) is 7.23. The number of pyridine rings is 1. The Morgan fingerprint density at radius 3 is 2.83 bits per heavy atom. The first-order valence-corrected chi connectivity index (χ1v) is 8.10. The molecule has 0 aliphatic rings. The van der Waals surface area contributed by atoms with Gasteiger partial charge in [-0.05, 0) is 37.1 Å². The minimum atomic E-state index is 0.555. The van der Waals surface area contributed by atoms with Crippen molar-refractivity contribution in [2.24, 2.45) is 0 Å². The molecule has 0 atom stereocenters. The molecule has 0 unspecified atom stereocenters. The van der Waals surface area contributed by atoms with Crippen LogP contribution >= 0.6 is 11.3 Å². The van der Waals surface area contributed by atoms with Gasteiger partial charge in [-0.2, -0.15) is 5.26 Å². The van der Waals surface area contributed by atoms with E-state index in [1.54, 1.807) is 12.4 Å². The van der Waals surface area contributed by atoms with Gasteiger partial charge in [-0.3, -0.25) is 4.98 Å². The van der Waals surface area contributed by atoms with E-state index in [0.717, 1.165) is 21.8 Å². The fraction of sp³-hybridized carbons (Fsp3) is 0.105. The summed E-state index contributed by atoms with van der Waals surface area (Å²) in [7, 11) is 0. The molecule has 112 valence electrons. The smallest absolute Gasteiger partial charge is 0.134 e. The van der Waals surface area contributed by atoms with Gasteiger partial charge < -0.3 is 0 Å². The zero-order valence-electron chi connectivity index (χ0n) is 12.9. The maximum Gasteiger partial charge on any atom is 0.134 e. The number of nitrogens with zero attached hydrogens (tertiary/aromatic N) is 3. The molecular weight excluding hydrogens is 302 g/mol. The van der Waals surface area contributed by atoms with E-state index in [1.165, 1.54) is 22.5 Å². The number of hydrogen-bond donors (Lipinski definition) is 0. The number of thiazole rings is 1. The van der Waals surface area contributed by atoms with Crippen molar-refractivity contribution in [1.82, 2.24) is 9.97 Å². The molecule has 3 rings (SSSR count). The predicted octanol–water partition coefficient (Wildman–Crippen LogP) is 4.89. The number of nitriles is 1. The second-order valence-electron chi connectivity index (χ2n) is 5.31. The average Bonchev–Trinajstić information content (AvgIpc) is 3.03. The first-order chi connectivity index (χ1) is 11.2. The number of allylic oxidation sites excluding steroid dienone is 1. The van der Waals surface area contributed by atoms with E-state index in [2.05, 4.69) is 48.1 Å². The van der Waals surface area contributed by atoms with E-state index in [0.29, 0.717) is 5.57 Å². The summed E-state index contributed by atoms with van der Waals surface area (Å²) < 4.78 is 0. The fourth-order valence-electron chi connectivity index (χ4n) is 2.39. The molecule has 0 amide bonds. The Kier molecular flexibility index (Phi) is 4.31. The van der Waals surface area contributed by atoms with Crippen molar-refractivity contribution in [3.05, 3.63) is 69.8 Å². The number of aryl methyl sites for hydroxylation is 2. The van der Waals surface area contributed by atoms with Crippen LogP contribution in [0.4, 0.5) is 0 Å². The highest BCUT2D eigenvalue weighted by molar-refractivity contribution is 7.11. The molecule has 0 bridgehead atoms. The summed E-state index contributed by atoms with van der Waals surface area (Å²) in [5.74, 6) is 0. The SMILES string of the molecule is Cc1ccc(-c2csc(/C(C#N)=C/c3cccnc3)n2)c(C)c1. The molecule has 0 fully saturated rings. The molecule has 0 aliphatic carbocycles. The van der Waals surface area contributed by atoms with Crippen LogP contribution in [0.2, 0.25) is 0 Å². The third-order valence-electron chi connectivity index (χ3n) is 3.51. The lowest BCUT2D eigenvalue weighted by molar-refractivity contribution is 1.31. The van der Waals surface area contributed by atoms with Gasteiger partial charge in [0.05, 0.1) is 11.3 Å². The van der Waals surface area contributed by atoms with E-state index >= 15 is 0 Å². The third-order valence-corrected chi connectivity index (χ3v) is 4.38. The molecule has 1 aromatic carbocycles. The van der Waals surface area contributed by atoms with Crippen molar-refractivity contribution in [3.8, 4) is 17.3 Å². The Hall–Kier alpha value is -2.77. The van der Waals surface area contributed by atoms with E-state index in [-0.39, 0.29) is 0 Å². The van der Waals surface area contributed by atoms with E-state index in [1.807, 2.05) is 23.6 Å². The standard InChI is InChI=1S/C19H15N3S/c1-13-5-6-17(14(2)8-13)18-12-23-19(22-18)16(10-20)9-15-4-3-7-21-11-15/h3-9,11-12H,1-2H3/b16-9+. The van der Waals surface area contributed by atoms with Gasteiger partial charge in [-0.25, -0.2) is 4.98 Å². The zero-order chi connectivity index (χ0) is 16.2. The van der Waals surface area contributed by atoms with Gasteiger partial charge in [0.1, 0.15) is 11.1 Å². The van der Waals surface area contributed by atoms with Crippen LogP contribution in [0.25, 0.3) is 22.9 Å². The summed E-state index contributed by atoms with van der Waals surface area (Å²) in [4.78, 5) is 8.71. The molecule has 2 aromatic heterocycles. The first kappa shape index (κ1) is 15.1. The van der Waals surface area contributed by atoms with Gasteiger partial charge in [-0.15, -0.1) is 11.3 Å². The fourth-order valence-corrected chi connectivity index (χ4v) is 3.18. The second-order valence-corrected chi connectivity index (χ2v) is 6.17. The van der Waals surface area contributed by atoms with Crippen molar-refractivity contribution in [2.75, 3.05) is 0 Å². The second kappa shape index (κ2) is 6.55. The molecule has 0 N–H and O–H groups in total. The van der Waals surface area contributed by atoms with Crippen LogP contribution < -0.4 is 0 Å². The van der Waals surface area contributed by atoms with Crippen LogP contribution in [0.5, 0.6) is 0 Å². The van der Waals surface area contributed by atoms with Crippen LogP contribution in [0.15, 0.2) is 48.1 Å². The maximum absolute atomic E-state index is 9.44. The van der Waals surface area contributed by atoms with Gasteiger partial charge in [0.25, 0.3) is 0 Å². The Morgan fingerprint density at radius 2 is 2.13 bits per heavy atom. The quantitative estimate of drug-likeness (QED) is 0.646. The Morgan fingerprint density at radius 1 is 1.26 bits per heavy atom.